The quantitative estimate of drug-likeness (QED) is 0.107. The van der Waals surface area contributed by atoms with E-state index in [1.54, 1.807) is 33.2 Å². The maximum absolute atomic E-state index is 13.7. The number of methoxy groups -OCH3 is 2. The van der Waals surface area contributed by atoms with Crippen molar-refractivity contribution in [2.45, 2.75) is 26.6 Å². The lowest BCUT2D eigenvalue weighted by Gasteiger charge is -2.21. The molecule has 0 atom stereocenters. The van der Waals surface area contributed by atoms with Gasteiger partial charge in [-0.1, -0.05) is 19.6 Å². The Balaban J connectivity index is 2.45. The summed E-state index contributed by atoms with van der Waals surface area (Å²) in [6.45, 7) is 8.36. The standard InChI is InChI=1S/C29H37F3N6O3/c1-8-37(5)16-21-12-22(29(30,31)32)14-25(27(21)41-7)36-28(39)20-10-9-18(2)26(13-20)38(34)17-24(33)19(3)11-23(40-6)15-35-4/h9-15,17H,3,8,16,33-34H2,1-2,4-7H3,(H,36,39)/b23-11+,24-17-,35-15?. The number of carbonyl (C=O) groups is 1. The largest absolute Gasteiger partial charge is 0.495 e. The van der Waals surface area contributed by atoms with E-state index in [1.165, 1.54) is 43.8 Å². The lowest BCUT2D eigenvalue weighted by Crippen LogP contribution is -2.27. The van der Waals surface area contributed by atoms with Gasteiger partial charge in [-0.2, -0.15) is 13.2 Å². The summed E-state index contributed by atoms with van der Waals surface area (Å²) in [6, 6.07) is 6.59. The smallest absolute Gasteiger partial charge is 0.416 e. The molecule has 0 saturated heterocycles. The number of rotatable bonds is 12. The van der Waals surface area contributed by atoms with Crippen molar-refractivity contribution in [3.05, 3.63) is 88.5 Å². The monoisotopic (exact) mass is 574 g/mol. The minimum Gasteiger partial charge on any atom is -0.495 e. The highest BCUT2D eigenvalue weighted by Gasteiger charge is 2.33. The van der Waals surface area contributed by atoms with Crippen LogP contribution in [0.4, 0.5) is 24.5 Å². The van der Waals surface area contributed by atoms with Crippen LogP contribution in [0.3, 0.4) is 0 Å². The fourth-order valence-corrected chi connectivity index (χ4v) is 3.76. The Morgan fingerprint density at radius 1 is 1.22 bits per heavy atom. The van der Waals surface area contributed by atoms with Crippen LogP contribution in [0.1, 0.15) is 34.0 Å². The molecule has 0 unspecified atom stereocenters. The lowest BCUT2D eigenvalue weighted by molar-refractivity contribution is -0.137. The van der Waals surface area contributed by atoms with Crippen LogP contribution in [-0.4, -0.2) is 51.9 Å². The number of nitrogens with two attached hydrogens (primary N) is 2. The van der Waals surface area contributed by atoms with Crippen molar-refractivity contribution in [2.75, 3.05) is 45.2 Å². The van der Waals surface area contributed by atoms with Gasteiger partial charge in [-0.3, -0.25) is 14.8 Å². The van der Waals surface area contributed by atoms with Gasteiger partial charge in [-0.05, 0) is 62.0 Å². The van der Waals surface area contributed by atoms with E-state index < -0.39 is 17.6 Å². The summed E-state index contributed by atoms with van der Waals surface area (Å²) in [4.78, 5) is 19.0. The molecular formula is C29H37F3N6O3. The van der Waals surface area contributed by atoms with E-state index in [4.69, 9.17) is 21.1 Å². The Morgan fingerprint density at radius 2 is 1.90 bits per heavy atom. The Morgan fingerprint density at radius 3 is 2.46 bits per heavy atom. The van der Waals surface area contributed by atoms with Crippen molar-refractivity contribution in [3.8, 4) is 5.75 Å². The van der Waals surface area contributed by atoms with E-state index in [1.807, 2.05) is 11.8 Å². The van der Waals surface area contributed by atoms with Crippen molar-refractivity contribution >= 4 is 23.5 Å². The normalized spacial score (nSPS) is 12.6. The molecule has 9 nitrogen and oxygen atoms in total. The SMILES string of the molecule is C=C(/C=C(\C=NC)OC)/C(N)=C/N(N)c1cc(C(=O)Nc2cc(C(F)(F)F)cc(CN(C)CC)c2OC)ccc1C. The Labute approximate surface area is 238 Å². The van der Waals surface area contributed by atoms with Gasteiger partial charge in [0.15, 0.2) is 0 Å². The Bertz CT molecular complexity index is 1350. The van der Waals surface area contributed by atoms with Crippen molar-refractivity contribution in [3.63, 3.8) is 0 Å². The first kappa shape index (κ1) is 32.9. The van der Waals surface area contributed by atoms with Gasteiger partial charge in [0.2, 0.25) is 0 Å². The van der Waals surface area contributed by atoms with Crippen LogP contribution in [-0.2, 0) is 17.5 Å². The van der Waals surface area contributed by atoms with Crippen LogP contribution in [0.2, 0.25) is 0 Å². The summed E-state index contributed by atoms with van der Waals surface area (Å²) in [5, 5.41) is 3.80. The first-order valence-corrected chi connectivity index (χ1v) is 12.5. The molecule has 2 rings (SSSR count). The average molecular weight is 575 g/mol. The van der Waals surface area contributed by atoms with Crippen molar-refractivity contribution < 1.29 is 27.4 Å². The maximum Gasteiger partial charge on any atom is 0.416 e. The van der Waals surface area contributed by atoms with Crippen LogP contribution in [0.15, 0.2) is 71.2 Å². The van der Waals surface area contributed by atoms with Gasteiger partial charge in [-0.25, -0.2) is 5.84 Å². The van der Waals surface area contributed by atoms with Crippen molar-refractivity contribution in [1.29, 1.82) is 0 Å². The van der Waals surface area contributed by atoms with Crippen LogP contribution < -0.4 is 26.6 Å². The molecule has 0 saturated carbocycles. The highest BCUT2D eigenvalue weighted by Crippen LogP contribution is 2.38. The van der Waals surface area contributed by atoms with Crippen LogP contribution >= 0.6 is 0 Å². The number of hydrazine groups is 1. The number of aryl methyl sites for hydroxylation is 1. The topological polar surface area (TPSA) is 118 Å². The maximum atomic E-state index is 13.7. The van der Waals surface area contributed by atoms with Crippen LogP contribution in [0.5, 0.6) is 5.75 Å². The third-order valence-corrected chi connectivity index (χ3v) is 6.13. The zero-order valence-electron chi connectivity index (χ0n) is 24.1. The predicted octanol–water partition coefficient (Wildman–Crippen LogP) is 4.99. The number of allylic oxidation sites excluding steroid dienone is 2. The number of alkyl halides is 3. The van der Waals surface area contributed by atoms with Gasteiger partial charge in [-0.15, -0.1) is 0 Å². The van der Waals surface area contributed by atoms with Crippen LogP contribution in [0, 0.1) is 6.92 Å². The first-order chi connectivity index (χ1) is 19.2. The molecule has 1 amide bonds. The summed E-state index contributed by atoms with van der Waals surface area (Å²) < 4.78 is 51.8. The molecule has 2 aromatic rings. The molecule has 0 fully saturated rings. The Hall–Kier alpha value is -4.29. The number of benzene rings is 2. The van der Waals surface area contributed by atoms with Gasteiger partial charge >= 0.3 is 6.18 Å². The second-order valence-corrected chi connectivity index (χ2v) is 9.15. The van der Waals surface area contributed by atoms with Crippen LogP contribution in [0.25, 0.3) is 0 Å². The third-order valence-electron chi connectivity index (χ3n) is 6.13. The molecular weight excluding hydrogens is 537 g/mol. The summed E-state index contributed by atoms with van der Waals surface area (Å²) >= 11 is 0. The van der Waals surface area contributed by atoms with E-state index in [-0.39, 0.29) is 34.8 Å². The minimum absolute atomic E-state index is 0.102. The van der Waals surface area contributed by atoms with Gasteiger partial charge in [0.05, 0.1) is 43.1 Å². The zero-order chi connectivity index (χ0) is 30.9. The summed E-state index contributed by atoms with van der Waals surface area (Å²) in [5.41, 5.74) is 7.36. The molecule has 12 heteroatoms. The van der Waals surface area contributed by atoms with Gasteiger partial charge in [0.25, 0.3) is 5.91 Å². The molecule has 5 N–H and O–H groups in total. The number of nitrogens with one attached hydrogen (secondary N) is 1. The molecule has 0 radical (unpaired) electrons. The summed E-state index contributed by atoms with van der Waals surface area (Å²) in [6.07, 6.45) is -0.125. The van der Waals surface area contributed by atoms with Crippen molar-refractivity contribution in [1.82, 2.24) is 4.90 Å². The lowest BCUT2D eigenvalue weighted by atomic mass is 10.1. The number of nitrogens with zero attached hydrogens (tertiary/aromatic N) is 3. The van der Waals surface area contributed by atoms with Gasteiger partial charge in [0, 0.05) is 30.9 Å². The van der Waals surface area contributed by atoms with E-state index in [0.29, 0.717) is 29.1 Å². The molecule has 41 heavy (non-hydrogen) atoms. The molecule has 0 aliphatic rings. The molecule has 0 bridgehead atoms. The van der Waals surface area contributed by atoms with E-state index in [2.05, 4.69) is 16.9 Å². The number of amides is 1. The number of aliphatic imine (C=N–C) groups is 1. The fourth-order valence-electron chi connectivity index (χ4n) is 3.76. The molecule has 0 aliphatic heterocycles. The predicted molar refractivity (Wildman–Crippen MR) is 157 cm³/mol. The number of carbonyl (C=O) groups excluding carboxylic acids is 1. The highest BCUT2D eigenvalue weighted by molar-refractivity contribution is 6.06. The third kappa shape index (κ3) is 8.85. The number of hydrogen-bond donors (Lipinski definition) is 3. The van der Waals surface area contributed by atoms with E-state index >= 15 is 0 Å². The first-order valence-electron chi connectivity index (χ1n) is 12.5. The van der Waals surface area contributed by atoms with E-state index in [0.717, 1.165) is 12.1 Å². The molecule has 0 aromatic heterocycles. The second-order valence-electron chi connectivity index (χ2n) is 9.15. The fraction of sp³-hybridized carbons (Fsp3) is 0.310. The average Bonchev–Trinajstić information content (AvgIpc) is 2.91. The molecule has 0 aliphatic carbocycles. The van der Waals surface area contributed by atoms with Crippen molar-refractivity contribution in [2.24, 2.45) is 16.6 Å². The van der Waals surface area contributed by atoms with E-state index in [9.17, 15) is 18.0 Å². The number of halogens is 3. The second kappa shape index (κ2) is 14.4. The number of hydrogen-bond acceptors (Lipinski definition) is 8. The molecule has 222 valence electrons. The highest BCUT2D eigenvalue weighted by atomic mass is 19.4. The zero-order valence-corrected chi connectivity index (χ0v) is 24.1. The molecule has 0 heterocycles. The van der Waals surface area contributed by atoms with Gasteiger partial charge < -0.3 is 25.4 Å². The molecule has 0 spiro atoms. The molecule has 2 aromatic carbocycles. The number of anilines is 2. The number of ether oxygens (including phenoxy) is 2. The van der Waals surface area contributed by atoms with Gasteiger partial charge in [0.1, 0.15) is 11.5 Å². The summed E-state index contributed by atoms with van der Waals surface area (Å²) in [5.74, 6) is 6.17. The Kier molecular flexibility index (Phi) is 11.5. The minimum atomic E-state index is -4.62. The summed E-state index contributed by atoms with van der Waals surface area (Å²) in [7, 11) is 6.19.